The summed E-state index contributed by atoms with van der Waals surface area (Å²) >= 11 is 0.444. The van der Waals surface area contributed by atoms with Crippen LogP contribution in [0.1, 0.15) is 29.9 Å². The molecule has 27 heavy (non-hydrogen) atoms. The SMILES string of the molecule is C[Se]CCC(CC(=O)O)NC(=O)OCC1c2ccccc2-c2ccccc21. The Morgan fingerprint density at radius 2 is 1.70 bits per heavy atom. The number of benzene rings is 2. The summed E-state index contributed by atoms with van der Waals surface area (Å²) in [7, 11) is 0. The van der Waals surface area contributed by atoms with Gasteiger partial charge in [0.05, 0.1) is 0 Å². The topological polar surface area (TPSA) is 75.6 Å². The molecule has 0 saturated carbocycles. The first-order valence-corrected chi connectivity index (χ1v) is 11.8. The number of amides is 1. The zero-order valence-electron chi connectivity index (χ0n) is 15.2. The van der Waals surface area contributed by atoms with Crippen molar-refractivity contribution in [3.63, 3.8) is 0 Å². The summed E-state index contributed by atoms with van der Waals surface area (Å²) in [5.41, 5.74) is 4.66. The van der Waals surface area contributed by atoms with Gasteiger partial charge in [0.25, 0.3) is 0 Å². The van der Waals surface area contributed by atoms with Crippen LogP contribution in [0, 0.1) is 0 Å². The molecule has 142 valence electrons. The van der Waals surface area contributed by atoms with E-state index >= 15 is 0 Å². The fraction of sp³-hybridized carbons (Fsp3) is 0.333. The third kappa shape index (κ3) is 4.71. The maximum absolute atomic E-state index is 12.3. The monoisotopic (exact) mass is 433 g/mol. The van der Waals surface area contributed by atoms with E-state index in [1.54, 1.807) is 0 Å². The first-order chi connectivity index (χ1) is 13.1. The molecule has 0 radical (unpaired) electrons. The average molecular weight is 432 g/mol. The molecule has 0 spiro atoms. The third-order valence-corrected chi connectivity index (χ3v) is 6.11. The Morgan fingerprint density at radius 1 is 1.11 bits per heavy atom. The zero-order valence-corrected chi connectivity index (χ0v) is 16.9. The molecule has 0 saturated heterocycles. The van der Waals surface area contributed by atoms with E-state index in [0.29, 0.717) is 21.4 Å². The van der Waals surface area contributed by atoms with Gasteiger partial charge in [0.2, 0.25) is 0 Å². The van der Waals surface area contributed by atoms with Crippen molar-refractivity contribution in [1.82, 2.24) is 5.32 Å². The van der Waals surface area contributed by atoms with Gasteiger partial charge in [-0.1, -0.05) is 0 Å². The first kappa shape index (κ1) is 19.5. The fourth-order valence-electron chi connectivity index (χ4n) is 3.50. The van der Waals surface area contributed by atoms with Gasteiger partial charge in [-0.05, 0) is 0 Å². The number of carboxylic acid groups (broad SMARTS) is 1. The van der Waals surface area contributed by atoms with E-state index in [2.05, 4.69) is 35.4 Å². The van der Waals surface area contributed by atoms with E-state index in [0.717, 1.165) is 16.4 Å². The van der Waals surface area contributed by atoms with Gasteiger partial charge in [-0.15, -0.1) is 0 Å². The molecule has 1 amide bonds. The fourth-order valence-corrected chi connectivity index (χ4v) is 4.59. The Hall–Kier alpha value is -2.30. The Labute approximate surface area is 165 Å². The molecule has 1 unspecified atom stereocenters. The molecule has 6 heteroatoms. The summed E-state index contributed by atoms with van der Waals surface area (Å²) in [5, 5.41) is 12.7. The molecule has 2 aromatic rings. The number of carbonyl (C=O) groups is 2. The van der Waals surface area contributed by atoms with Crippen molar-refractivity contribution in [2.45, 2.75) is 35.9 Å². The molecule has 2 aromatic carbocycles. The molecule has 1 aliphatic carbocycles. The minimum absolute atomic E-state index is 0.0000453. The molecule has 1 atom stereocenters. The normalized spacial score (nSPS) is 13.5. The van der Waals surface area contributed by atoms with Crippen molar-refractivity contribution in [3.05, 3.63) is 59.7 Å². The van der Waals surface area contributed by atoms with Crippen LogP contribution in [0.25, 0.3) is 11.1 Å². The molecule has 0 heterocycles. The molecule has 2 N–H and O–H groups in total. The standard InChI is InChI=1S/C21H23NO4Se/c1-27-11-10-14(12-20(23)24)22-21(25)26-13-19-17-8-4-2-6-15(17)16-7-3-5-9-18(16)19/h2-9,14,19H,10-13H2,1H3,(H,22,25)(H,23,24). The summed E-state index contributed by atoms with van der Waals surface area (Å²) in [6.45, 7) is 0.233. The Kier molecular flexibility index (Phi) is 6.54. The first-order valence-electron chi connectivity index (χ1n) is 8.92. The van der Waals surface area contributed by atoms with Gasteiger partial charge < -0.3 is 0 Å². The predicted octanol–water partition coefficient (Wildman–Crippen LogP) is 3.93. The summed E-state index contributed by atoms with van der Waals surface area (Å²) < 4.78 is 5.49. The van der Waals surface area contributed by atoms with Crippen LogP contribution in [-0.4, -0.2) is 44.8 Å². The molecule has 0 fully saturated rings. The summed E-state index contributed by atoms with van der Waals surface area (Å²) in [6.07, 6.45) is 0.0273. The maximum atomic E-state index is 12.3. The van der Waals surface area contributed by atoms with Crippen LogP contribution in [-0.2, 0) is 9.53 Å². The number of hydrogen-bond acceptors (Lipinski definition) is 3. The number of hydrogen-bond donors (Lipinski definition) is 2. The van der Waals surface area contributed by atoms with Gasteiger partial charge in [0, 0.05) is 0 Å². The van der Waals surface area contributed by atoms with E-state index in [-0.39, 0.29) is 25.0 Å². The second-order valence-corrected chi connectivity index (χ2v) is 8.61. The molecule has 0 bridgehead atoms. The third-order valence-electron chi connectivity index (χ3n) is 4.76. The van der Waals surface area contributed by atoms with Gasteiger partial charge in [-0.3, -0.25) is 0 Å². The van der Waals surface area contributed by atoms with Crippen molar-refractivity contribution in [3.8, 4) is 11.1 Å². The molecular weight excluding hydrogens is 409 g/mol. The number of aliphatic carboxylic acids is 1. The summed E-state index contributed by atoms with van der Waals surface area (Å²) in [4.78, 5) is 23.3. The number of nitrogens with one attached hydrogen (secondary N) is 1. The van der Waals surface area contributed by atoms with E-state index in [9.17, 15) is 9.59 Å². The van der Waals surface area contributed by atoms with Crippen LogP contribution in [0.15, 0.2) is 48.5 Å². The van der Waals surface area contributed by atoms with E-state index in [4.69, 9.17) is 9.84 Å². The van der Waals surface area contributed by atoms with Crippen LogP contribution in [0.2, 0.25) is 11.1 Å². The van der Waals surface area contributed by atoms with Crippen molar-refractivity contribution in [2.75, 3.05) is 6.61 Å². The molecule has 0 aromatic heterocycles. The second-order valence-electron chi connectivity index (χ2n) is 6.55. The summed E-state index contributed by atoms with van der Waals surface area (Å²) in [5.74, 6) is 1.18. The molecule has 3 rings (SSSR count). The Morgan fingerprint density at radius 3 is 2.26 bits per heavy atom. The van der Waals surface area contributed by atoms with Gasteiger partial charge in [0.1, 0.15) is 0 Å². The van der Waals surface area contributed by atoms with Gasteiger partial charge in [-0.2, -0.15) is 0 Å². The summed E-state index contributed by atoms with van der Waals surface area (Å²) in [6, 6.07) is 15.9. The van der Waals surface area contributed by atoms with E-state index in [1.165, 1.54) is 11.1 Å². The van der Waals surface area contributed by atoms with Gasteiger partial charge in [-0.25, -0.2) is 0 Å². The Balaban J connectivity index is 1.65. The van der Waals surface area contributed by atoms with Gasteiger partial charge in [0.15, 0.2) is 0 Å². The van der Waals surface area contributed by atoms with Crippen molar-refractivity contribution >= 4 is 27.0 Å². The van der Waals surface area contributed by atoms with Crippen LogP contribution in [0.3, 0.4) is 0 Å². The molecular formula is C21H23NO4Se. The van der Waals surface area contributed by atoms with Crippen LogP contribution in [0.4, 0.5) is 4.79 Å². The quantitative estimate of drug-likeness (QED) is 0.620. The molecule has 0 aliphatic heterocycles. The average Bonchev–Trinajstić information content (AvgIpc) is 2.98. The number of carbonyl (C=O) groups excluding carboxylic acids is 1. The number of carboxylic acids is 1. The van der Waals surface area contributed by atoms with Crippen molar-refractivity contribution < 1.29 is 19.4 Å². The number of ether oxygens (including phenoxy) is 1. The molecule has 1 aliphatic rings. The minimum atomic E-state index is -0.914. The Bertz CT molecular complexity index is 778. The van der Waals surface area contributed by atoms with Crippen LogP contribution >= 0.6 is 0 Å². The van der Waals surface area contributed by atoms with Crippen LogP contribution in [0.5, 0.6) is 0 Å². The number of fused-ring (bicyclic) bond motifs is 3. The van der Waals surface area contributed by atoms with E-state index < -0.39 is 12.1 Å². The molecule has 5 nitrogen and oxygen atoms in total. The predicted molar refractivity (Wildman–Crippen MR) is 105 cm³/mol. The van der Waals surface area contributed by atoms with Crippen LogP contribution < -0.4 is 5.32 Å². The number of rotatable bonds is 8. The van der Waals surface area contributed by atoms with Gasteiger partial charge >= 0.3 is 165 Å². The van der Waals surface area contributed by atoms with Crippen molar-refractivity contribution in [2.24, 2.45) is 0 Å². The number of alkyl carbamates (subject to hydrolysis) is 1. The van der Waals surface area contributed by atoms with E-state index in [1.807, 2.05) is 24.3 Å². The zero-order chi connectivity index (χ0) is 19.2. The second kappa shape index (κ2) is 9.07. The van der Waals surface area contributed by atoms with Crippen molar-refractivity contribution in [1.29, 1.82) is 0 Å².